The first-order valence-corrected chi connectivity index (χ1v) is 7.35. The first-order valence-electron chi connectivity index (χ1n) is 6.19. The third kappa shape index (κ3) is 12.3. The Hall–Kier alpha value is 0.310. The van der Waals surface area contributed by atoms with Gasteiger partial charge in [0.25, 0.3) is 0 Å². The highest BCUT2D eigenvalue weighted by Crippen LogP contribution is 2.10. The molecule has 0 aromatic rings. The van der Waals surface area contributed by atoms with Gasteiger partial charge in [0.05, 0.1) is 0 Å². The number of rotatable bonds is 11. The Balaban J connectivity index is 2.78. The normalized spacial score (nSPS) is 10.7. The standard InChI is InChI=1S/C12H27NS/c1-2-3-4-5-6-7-8-9-11-14-12-10-13/h2-13H2,1H3. The molecule has 0 aliphatic carbocycles. The van der Waals surface area contributed by atoms with E-state index in [-0.39, 0.29) is 0 Å². The number of hydrogen-bond acceptors (Lipinski definition) is 2. The highest BCUT2D eigenvalue weighted by molar-refractivity contribution is 7.99. The molecule has 0 atom stereocenters. The van der Waals surface area contributed by atoms with Crippen LogP contribution >= 0.6 is 11.8 Å². The molecule has 0 radical (unpaired) electrons. The molecule has 1 nitrogen and oxygen atoms in total. The van der Waals surface area contributed by atoms with Crippen molar-refractivity contribution in [2.24, 2.45) is 5.73 Å². The second kappa shape index (κ2) is 13.3. The highest BCUT2D eigenvalue weighted by Gasteiger charge is 1.91. The van der Waals surface area contributed by atoms with Gasteiger partial charge in [0.1, 0.15) is 0 Å². The number of thioether (sulfide) groups is 1. The van der Waals surface area contributed by atoms with Gasteiger partial charge in [0, 0.05) is 12.3 Å². The molecule has 0 unspecified atom stereocenters. The minimum atomic E-state index is 0.835. The monoisotopic (exact) mass is 217 g/mol. The molecule has 0 spiro atoms. The molecule has 0 fully saturated rings. The molecule has 86 valence electrons. The summed E-state index contributed by atoms with van der Waals surface area (Å²) in [7, 11) is 0. The Bertz CT molecular complexity index is 84.3. The lowest BCUT2D eigenvalue weighted by Gasteiger charge is -2.01. The summed E-state index contributed by atoms with van der Waals surface area (Å²) in [5.41, 5.74) is 5.42. The molecular weight excluding hydrogens is 190 g/mol. The van der Waals surface area contributed by atoms with E-state index >= 15 is 0 Å². The Kier molecular flexibility index (Phi) is 13.6. The van der Waals surface area contributed by atoms with E-state index in [1.807, 2.05) is 11.8 Å². The molecule has 2 heteroatoms. The zero-order valence-electron chi connectivity index (χ0n) is 9.76. The second-order valence-corrected chi connectivity index (χ2v) is 5.10. The van der Waals surface area contributed by atoms with Crippen LogP contribution in [-0.2, 0) is 0 Å². The van der Waals surface area contributed by atoms with Crippen molar-refractivity contribution in [3.05, 3.63) is 0 Å². The summed E-state index contributed by atoms with van der Waals surface area (Å²) in [6, 6.07) is 0. The molecule has 0 saturated carbocycles. The summed E-state index contributed by atoms with van der Waals surface area (Å²) in [4.78, 5) is 0. The molecule has 14 heavy (non-hydrogen) atoms. The fraction of sp³-hybridized carbons (Fsp3) is 1.00. The van der Waals surface area contributed by atoms with Gasteiger partial charge >= 0.3 is 0 Å². The maximum absolute atomic E-state index is 5.42. The van der Waals surface area contributed by atoms with E-state index in [4.69, 9.17) is 5.73 Å². The number of unbranched alkanes of at least 4 members (excludes halogenated alkanes) is 7. The molecule has 2 N–H and O–H groups in total. The lowest BCUT2D eigenvalue weighted by molar-refractivity contribution is 0.586. The van der Waals surface area contributed by atoms with Crippen LogP contribution in [0.3, 0.4) is 0 Å². The van der Waals surface area contributed by atoms with Gasteiger partial charge in [-0.05, 0) is 12.2 Å². The van der Waals surface area contributed by atoms with Gasteiger partial charge in [0.2, 0.25) is 0 Å². The SMILES string of the molecule is CCCCCCCCCCSCCN. The molecule has 0 aliphatic rings. The van der Waals surface area contributed by atoms with Gasteiger partial charge in [-0.3, -0.25) is 0 Å². The van der Waals surface area contributed by atoms with Crippen molar-refractivity contribution in [3.63, 3.8) is 0 Å². The van der Waals surface area contributed by atoms with Crippen LogP contribution in [0, 0.1) is 0 Å². The third-order valence-electron chi connectivity index (χ3n) is 2.40. The van der Waals surface area contributed by atoms with Crippen LogP contribution < -0.4 is 5.73 Å². The summed E-state index contributed by atoms with van der Waals surface area (Å²) in [5.74, 6) is 2.45. The topological polar surface area (TPSA) is 26.0 Å². The quantitative estimate of drug-likeness (QED) is 0.532. The smallest absolute Gasteiger partial charge is 0.00558 e. The summed E-state index contributed by atoms with van der Waals surface area (Å²) in [6.07, 6.45) is 11.4. The van der Waals surface area contributed by atoms with Gasteiger partial charge in [-0.1, -0.05) is 51.9 Å². The van der Waals surface area contributed by atoms with Crippen LogP contribution in [0.25, 0.3) is 0 Å². The number of hydrogen-bond donors (Lipinski definition) is 1. The van der Waals surface area contributed by atoms with Gasteiger partial charge in [0.15, 0.2) is 0 Å². The third-order valence-corrected chi connectivity index (χ3v) is 3.51. The molecule has 0 aromatic carbocycles. The molecule has 0 aromatic heterocycles. The van der Waals surface area contributed by atoms with Crippen molar-refractivity contribution in [1.82, 2.24) is 0 Å². The van der Waals surface area contributed by atoms with Crippen molar-refractivity contribution in [2.45, 2.75) is 58.3 Å². The Labute approximate surface area is 94.2 Å². The van der Waals surface area contributed by atoms with Crippen molar-refractivity contribution >= 4 is 11.8 Å². The van der Waals surface area contributed by atoms with Crippen LogP contribution in [0.2, 0.25) is 0 Å². The maximum atomic E-state index is 5.42. The largest absolute Gasteiger partial charge is 0.330 e. The van der Waals surface area contributed by atoms with Crippen molar-refractivity contribution in [1.29, 1.82) is 0 Å². The van der Waals surface area contributed by atoms with Crippen LogP contribution in [0.1, 0.15) is 58.3 Å². The van der Waals surface area contributed by atoms with Gasteiger partial charge in [-0.2, -0.15) is 11.8 Å². The van der Waals surface area contributed by atoms with Crippen LogP contribution in [0.15, 0.2) is 0 Å². The van der Waals surface area contributed by atoms with E-state index in [9.17, 15) is 0 Å². The second-order valence-electron chi connectivity index (χ2n) is 3.88. The predicted molar refractivity (Wildman–Crippen MR) is 69.0 cm³/mol. The lowest BCUT2D eigenvalue weighted by atomic mass is 10.1. The summed E-state index contributed by atoms with van der Waals surface area (Å²) < 4.78 is 0. The average molecular weight is 217 g/mol. The maximum Gasteiger partial charge on any atom is 0.00558 e. The van der Waals surface area contributed by atoms with Crippen molar-refractivity contribution in [2.75, 3.05) is 18.1 Å². The Morgan fingerprint density at radius 1 is 0.786 bits per heavy atom. The van der Waals surface area contributed by atoms with E-state index in [0.717, 1.165) is 12.3 Å². The summed E-state index contributed by atoms with van der Waals surface area (Å²) in [5, 5.41) is 0. The van der Waals surface area contributed by atoms with Crippen LogP contribution in [0.5, 0.6) is 0 Å². The average Bonchev–Trinajstić information content (AvgIpc) is 2.21. The summed E-state index contributed by atoms with van der Waals surface area (Å²) in [6.45, 7) is 3.11. The minimum Gasteiger partial charge on any atom is -0.330 e. The van der Waals surface area contributed by atoms with E-state index in [2.05, 4.69) is 6.92 Å². The zero-order valence-corrected chi connectivity index (χ0v) is 10.6. The number of nitrogens with two attached hydrogens (primary N) is 1. The molecular formula is C12H27NS. The Morgan fingerprint density at radius 2 is 1.36 bits per heavy atom. The van der Waals surface area contributed by atoms with Crippen LogP contribution in [-0.4, -0.2) is 18.1 Å². The summed E-state index contributed by atoms with van der Waals surface area (Å²) >= 11 is 2.00. The molecule has 0 bridgehead atoms. The predicted octanol–water partition coefficient (Wildman–Crippen LogP) is 3.82. The first-order chi connectivity index (χ1) is 6.91. The lowest BCUT2D eigenvalue weighted by Crippen LogP contribution is -2.01. The van der Waals surface area contributed by atoms with Gasteiger partial charge < -0.3 is 5.73 Å². The van der Waals surface area contributed by atoms with Gasteiger partial charge in [-0.15, -0.1) is 0 Å². The molecule has 0 aliphatic heterocycles. The molecule has 0 heterocycles. The highest BCUT2D eigenvalue weighted by atomic mass is 32.2. The fourth-order valence-electron chi connectivity index (χ4n) is 1.52. The molecule has 0 saturated heterocycles. The van der Waals surface area contributed by atoms with E-state index in [1.165, 1.54) is 57.1 Å². The van der Waals surface area contributed by atoms with Gasteiger partial charge in [-0.25, -0.2) is 0 Å². The van der Waals surface area contributed by atoms with Crippen LogP contribution in [0.4, 0.5) is 0 Å². The van der Waals surface area contributed by atoms with Crippen molar-refractivity contribution in [3.8, 4) is 0 Å². The van der Waals surface area contributed by atoms with E-state index in [0.29, 0.717) is 0 Å². The molecule has 0 rings (SSSR count). The van der Waals surface area contributed by atoms with E-state index in [1.54, 1.807) is 0 Å². The first kappa shape index (κ1) is 14.3. The molecule has 0 amide bonds. The zero-order chi connectivity index (χ0) is 10.5. The minimum absolute atomic E-state index is 0.835. The fourth-order valence-corrected chi connectivity index (χ4v) is 2.30. The van der Waals surface area contributed by atoms with E-state index < -0.39 is 0 Å². The van der Waals surface area contributed by atoms with Crippen molar-refractivity contribution < 1.29 is 0 Å². The Morgan fingerprint density at radius 3 is 1.93 bits per heavy atom.